The van der Waals surface area contributed by atoms with Crippen molar-refractivity contribution < 1.29 is 9.59 Å². The van der Waals surface area contributed by atoms with E-state index in [1.165, 1.54) is 11.8 Å². The summed E-state index contributed by atoms with van der Waals surface area (Å²) < 4.78 is 0. The highest BCUT2D eigenvalue weighted by atomic mass is 35.5. The van der Waals surface area contributed by atoms with E-state index in [2.05, 4.69) is 24.4 Å². The van der Waals surface area contributed by atoms with E-state index in [1.807, 2.05) is 49.4 Å². The fraction of sp³-hybridized carbons (Fsp3) is 0.440. The molecule has 0 spiro atoms. The van der Waals surface area contributed by atoms with Gasteiger partial charge in [0, 0.05) is 23.9 Å². The first kappa shape index (κ1) is 25.3. The second-order valence-electron chi connectivity index (χ2n) is 7.48. The Balaban J connectivity index is 2.04. The van der Waals surface area contributed by atoms with Crippen molar-refractivity contribution >= 4 is 35.2 Å². The minimum absolute atomic E-state index is 0.00882. The number of benzene rings is 2. The van der Waals surface area contributed by atoms with Gasteiger partial charge in [-0.3, -0.25) is 9.59 Å². The zero-order valence-corrected chi connectivity index (χ0v) is 20.1. The summed E-state index contributed by atoms with van der Waals surface area (Å²) >= 11 is 7.77. The highest BCUT2D eigenvalue weighted by molar-refractivity contribution is 7.99. The standard InChI is InChI=1S/C25H33ClN2O2S/c1-3-5-16-27-25(30)23(4-2)28(17-15-20-11-7-6-8-12-20)24(29)19-31-18-21-13-9-10-14-22(21)26/h6-14,23H,3-5,15-19H2,1-2H3,(H,27,30)/t23-/m1/s1. The Morgan fingerprint density at radius 3 is 2.45 bits per heavy atom. The molecule has 0 radical (unpaired) electrons. The summed E-state index contributed by atoms with van der Waals surface area (Å²) in [5.41, 5.74) is 2.17. The van der Waals surface area contributed by atoms with Crippen LogP contribution in [-0.4, -0.2) is 41.6 Å². The van der Waals surface area contributed by atoms with Crippen LogP contribution in [0.15, 0.2) is 54.6 Å². The van der Waals surface area contributed by atoms with Crippen molar-refractivity contribution in [2.45, 2.75) is 51.3 Å². The van der Waals surface area contributed by atoms with Crippen molar-refractivity contribution in [2.75, 3.05) is 18.8 Å². The molecule has 0 saturated carbocycles. The molecule has 0 heterocycles. The van der Waals surface area contributed by atoms with Gasteiger partial charge in [-0.15, -0.1) is 11.8 Å². The minimum atomic E-state index is -0.450. The van der Waals surface area contributed by atoms with Gasteiger partial charge in [0.15, 0.2) is 0 Å². The molecule has 0 aliphatic rings. The Labute approximate surface area is 195 Å². The van der Waals surface area contributed by atoms with Crippen LogP contribution in [0.3, 0.4) is 0 Å². The lowest BCUT2D eigenvalue weighted by atomic mass is 10.1. The molecule has 0 bridgehead atoms. The number of carbonyl (C=O) groups is 2. The number of hydrogen-bond acceptors (Lipinski definition) is 3. The van der Waals surface area contributed by atoms with Crippen LogP contribution in [0.5, 0.6) is 0 Å². The molecule has 0 aromatic heterocycles. The molecule has 2 rings (SSSR count). The molecule has 1 N–H and O–H groups in total. The number of nitrogens with one attached hydrogen (secondary N) is 1. The average molecular weight is 461 g/mol. The smallest absolute Gasteiger partial charge is 0.242 e. The molecule has 2 aromatic rings. The predicted molar refractivity (Wildman–Crippen MR) is 131 cm³/mol. The molecule has 168 valence electrons. The third-order valence-electron chi connectivity index (χ3n) is 5.14. The number of hydrogen-bond donors (Lipinski definition) is 1. The number of carbonyl (C=O) groups excluding carboxylic acids is 2. The summed E-state index contributed by atoms with van der Waals surface area (Å²) in [5, 5.41) is 3.71. The summed E-state index contributed by atoms with van der Waals surface area (Å²) in [4.78, 5) is 27.7. The SMILES string of the molecule is CCCCNC(=O)[C@@H](CC)N(CCc1ccccc1)C(=O)CSCc1ccccc1Cl. The van der Waals surface area contributed by atoms with Crippen molar-refractivity contribution in [2.24, 2.45) is 0 Å². The van der Waals surface area contributed by atoms with Crippen LogP contribution in [0, 0.1) is 0 Å². The topological polar surface area (TPSA) is 49.4 Å². The molecular formula is C25H33ClN2O2S. The number of halogens is 1. The van der Waals surface area contributed by atoms with Crippen LogP contribution >= 0.6 is 23.4 Å². The van der Waals surface area contributed by atoms with E-state index in [-0.39, 0.29) is 11.8 Å². The van der Waals surface area contributed by atoms with Crippen LogP contribution in [0.4, 0.5) is 0 Å². The third-order valence-corrected chi connectivity index (χ3v) is 6.48. The van der Waals surface area contributed by atoms with E-state index in [4.69, 9.17) is 11.6 Å². The molecule has 2 amide bonds. The second-order valence-corrected chi connectivity index (χ2v) is 8.87. The number of thioether (sulfide) groups is 1. The molecule has 0 aliphatic carbocycles. The maximum atomic E-state index is 13.2. The maximum Gasteiger partial charge on any atom is 0.242 e. The van der Waals surface area contributed by atoms with E-state index in [0.717, 1.165) is 30.4 Å². The Bertz CT molecular complexity index is 816. The highest BCUT2D eigenvalue weighted by Gasteiger charge is 2.27. The lowest BCUT2D eigenvalue weighted by Crippen LogP contribution is -2.50. The molecule has 0 aliphatic heterocycles. The number of amides is 2. The Morgan fingerprint density at radius 2 is 1.77 bits per heavy atom. The maximum absolute atomic E-state index is 13.2. The predicted octanol–water partition coefficient (Wildman–Crippen LogP) is 5.34. The molecule has 2 aromatic carbocycles. The molecule has 31 heavy (non-hydrogen) atoms. The van der Waals surface area contributed by atoms with Gasteiger partial charge in [-0.05, 0) is 36.5 Å². The molecule has 0 fully saturated rings. The Kier molecular flexibility index (Phi) is 11.5. The van der Waals surface area contributed by atoms with Crippen molar-refractivity contribution in [1.29, 1.82) is 0 Å². The van der Waals surface area contributed by atoms with E-state index in [1.54, 1.807) is 4.90 Å². The van der Waals surface area contributed by atoms with Gasteiger partial charge in [-0.25, -0.2) is 0 Å². The van der Waals surface area contributed by atoms with Crippen molar-refractivity contribution in [3.8, 4) is 0 Å². The van der Waals surface area contributed by atoms with Gasteiger partial charge in [0.25, 0.3) is 0 Å². The van der Waals surface area contributed by atoms with Crippen LogP contribution in [0.2, 0.25) is 5.02 Å². The quantitative estimate of drug-likeness (QED) is 0.410. The number of rotatable bonds is 13. The molecule has 0 unspecified atom stereocenters. The van der Waals surface area contributed by atoms with E-state index in [9.17, 15) is 9.59 Å². The van der Waals surface area contributed by atoms with Gasteiger partial charge in [-0.2, -0.15) is 0 Å². The summed E-state index contributed by atoms with van der Waals surface area (Å²) in [6, 6.07) is 17.3. The first-order valence-electron chi connectivity index (χ1n) is 11.0. The molecule has 1 atom stereocenters. The van der Waals surface area contributed by atoms with Crippen LogP contribution in [0.25, 0.3) is 0 Å². The first-order chi connectivity index (χ1) is 15.1. The molecule has 6 heteroatoms. The fourth-order valence-electron chi connectivity index (χ4n) is 3.35. The molecule has 4 nitrogen and oxygen atoms in total. The molecular weight excluding hydrogens is 428 g/mol. The lowest BCUT2D eigenvalue weighted by Gasteiger charge is -2.30. The van der Waals surface area contributed by atoms with E-state index in [0.29, 0.717) is 36.0 Å². The van der Waals surface area contributed by atoms with Gasteiger partial charge in [0.2, 0.25) is 11.8 Å². The van der Waals surface area contributed by atoms with Gasteiger partial charge in [0.05, 0.1) is 5.75 Å². The normalized spacial score (nSPS) is 11.7. The highest BCUT2D eigenvalue weighted by Crippen LogP contribution is 2.21. The lowest BCUT2D eigenvalue weighted by molar-refractivity contribution is -0.138. The second kappa shape index (κ2) is 14.2. The zero-order chi connectivity index (χ0) is 22.5. The van der Waals surface area contributed by atoms with E-state index >= 15 is 0 Å². The van der Waals surface area contributed by atoms with Crippen molar-refractivity contribution in [3.63, 3.8) is 0 Å². The third kappa shape index (κ3) is 8.58. The van der Waals surface area contributed by atoms with Crippen molar-refractivity contribution in [3.05, 3.63) is 70.7 Å². The summed E-state index contributed by atoms with van der Waals surface area (Å²) in [6.07, 6.45) is 3.27. The van der Waals surface area contributed by atoms with Gasteiger partial charge in [0.1, 0.15) is 6.04 Å². The zero-order valence-electron chi connectivity index (χ0n) is 18.5. The largest absolute Gasteiger partial charge is 0.354 e. The van der Waals surface area contributed by atoms with Gasteiger partial charge >= 0.3 is 0 Å². The first-order valence-corrected chi connectivity index (χ1v) is 12.5. The minimum Gasteiger partial charge on any atom is -0.354 e. The summed E-state index contributed by atoms with van der Waals surface area (Å²) in [7, 11) is 0. The van der Waals surface area contributed by atoms with Gasteiger partial charge in [-0.1, -0.05) is 80.4 Å². The number of nitrogens with zero attached hydrogens (tertiary/aromatic N) is 1. The Hall–Kier alpha value is -1.98. The summed E-state index contributed by atoms with van der Waals surface area (Å²) in [5.74, 6) is 0.912. The van der Waals surface area contributed by atoms with Gasteiger partial charge < -0.3 is 10.2 Å². The molecule has 0 saturated heterocycles. The van der Waals surface area contributed by atoms with E-state index < -0.39 is 6.04 Å². The van der Waals surface area contributed by atoms with Crippen LogP contribution in [0.1, 0.15) is 44.2 Å². The average Bonchev–Trinajstić information content (AvgIpc) is 2.78. The van der Waals surface area contributed by atoms with Crippen molar-refractivity contribution in [1.82, 2.24) is 10.2 Å². The van der Waals surface area contributed by atoms with Crippen LogP contribution < -0.4 is 5.32 Å². The monoisotopic (exact) mass is 460 g/mol. The Morgan fingerprint density at radius 1 is 1.06 bits per heavy atom. The summed E-state index contributed by atoms with van der Waals surface area (Å²) in [6.45, 7) is 5.22. The fourth-order valence-corrected chi connectivity index (χ4v) is 4.54. The van der Waals surface area contributed by atoms with Crippen LogP contribution in [-0.2, 0) is 21.8 Å². The number of unbranched alkanes of at least 4 members (excludes halogenated alkanes) is 1.